The zero-order chi connectivity index (χ0) is 13.8. The van der Waals surface area contributed by atoms with Crippen molar-refractivity contribution in [1.82, 2.24) is 0 Å². The molecule has 0 aliphatic carbocycles. The predicted molar refractivity (Wildman–Crippen MR) is 80.4 cm³/mol. The molecule has 1 aromatic heterocycles. The molecule has 0 radical (unpaired) electrons. The van der Waals surface area contributed by atoms with Gasteiger partial charge in [0.05, 0.1) is 16.9 Å². The highest BCUT2D eigenvalue weighted by atomic mass is 32.1. The summed E-state index contributed by atoms with van der Waals surface area (Å²) < 4.78 is 0. The maximum atomic E-state index is 11.4. The van der Waals surface area contributed by atoms with Crippen molar-refractivity contribution in [2.24, 2.45) is 5.73 Å². The van der Waals surface area contributed by atoms with E-state index in [1.807, 2.05) is 0 Å². The van der Waals surface area contributed by atoms with Crippen LogP contribution in [0.15, 0.2) is 29.6 Å². The second-order valence-corrected chi connectivity index (χ2v) is 5.21. The second kappa shape index (κ2) is 5.75. The number of benzene rings is 1. The number of rotatable bonds is 5. The minimum absolute atomic E-state index is 0.426. The molecule has 0 saturated heterocycles. The zero-order valence-corrected chi connectivity index (χ0v) is 11.6. The van der Waals surface area contributed by atoms with Gasteiger partial charge in [0.2, 0.25) is 0 Å². The van der Waals surface area contributed by atoms with Crippen LogP contribution in [0.3, 0.4) is 0 Å². The van der Waals surface area contributed by atoms with Crippen LogP contribution in [-0.4, -0.2) is 5.91 Å². The quantitative estimate of drug-likeness (QED) is 0.734. The van der Waals surface area contributed by atoms with Crippen LogP contribution in [0, 0.1) is 0 Å². The number of nitrogens with one attached hydrogen (secondary N) is 1. The number of carbonyl (C=O) groups is 1. The fourth-order valence-electron chi connectivity index (χ4n) is 1.98. The van der Waals surface area contributed by atoms with Gasteiger partial charge in [0, 0.05) is 11.4 Å². The van der Waals surface area contributed by atoms with Crippen LogP contribution < -0.4 is 16.8 Å². The highest BCUT2D eigenvalue weighted by Gasteiger charge is 2.11. The molecule has 1 heterocycles. The van der Waals surface area contributed by atoms with Crippen LogP contribution >= 0.6 is 11.3 Å². The number of primary amides is 1. The van der Waals surface area contributed by atoms with Gasteiger partial charge in [-0.2, -0.15) is 0 Å². The normalized spacial score (nSPS) is 10.4. The average Bonchev–Trinajstić information content (AvgIpc) is 2.84. The van der Waals surface area contributed by atoms with Crippen molar-refractivity contribution in [3.63, 3.8) is 0 Å². The van der Waals surface area contributed by atoms with Crippen molar-refractivity contribution < 1.29 is 4.79 Å². The average molecular weight is 275 g/mol. The van der Waals surface area contributed by atoms with Crippen LogP contribution in [0.5, 0.6) is 0 Å². The van der Waals surface area contributed by atoms with E-state index in [0.717, 1.165) is 6.42 Å². The SMILES string of the molecule is CCc1ccsc1CNc1c(N)cccc1C(N)=O. The maximum Gasteiger partial charge on any atom is 0.250 e. The van der Waals surface area contributed by atoms with Crippen LogP contribution in [-0.2, 0) is 13.0 Å². The van der Waals surface area contributed by atoms with E-state index < -0.39 is 5.91 Å². The molecule has 100 valence electrons. The number of thiophene rings is 1. The Hall–Kier alpha value is -2.01. The Kier molecular flexibility index (Phi) is 4.06. The molecule has 5 heteroatoms. The minimum Gasteiger partial charge on any atom is -0.397 e. The Morgan fingerprint density at radius 2 is 2.16 bits per heavy atom. The number of para-hydroxylation sites is 1. The van der Waals surface area contributed by atoms with E-state index in [9.17, 15) is 4.79 Å². The molecular formula is C14H17N3OS. The summed E-state index contributed by atoms with van der Waals surface area (Å²) in [5.41, 5.74) is 14.1. The monoisotopic (exact) mass is 275 g/mol. The van der Waals surface area contributed by atoms with Gasteiger partial charge in [0.25, 0.3) is 5.91 Å². The van der Waals surface area contributed by atoms with Gasteiger partial charge in [-0.3, -0.25) is 4.79 Å². The standard InChI is InChI=1S/C14H17N3OS/c1-2-9-6-7-19-12(9)8-17-13-10(14(16)18)4-3-5-11(13)15/h3-7,17H,2,8,15H2,1H3,(H2,16,18). The van der Waals surface area contributed by atoms with E-state index in [1.54, 1.807) is 29.5 Å². The van der Waals surface area contributed by atoms with Gasteiger partial charge in [-0.1, -0.05) is 13.0 Å². The zero-order valence-electron chi connectivity index (χ0n) is 10.8. The lowest BCUT2D eigenvalue weighted by molar-refractivity contribution is 0.100. The first-order chi connectivity index (χ1) is 9.13. The summed E-state index contributed by atoms with van der Waals surface area (Å²) in [6.07, 6.45) is 0.994. The van der Waals surface area contributed by atoms with Crippen molar-refractivity contribution in [1.29, 1.82) is 0 Å². The third-order valence-corrected chi connectivity index (χ3v) is 3.97. The largest absolute Gasteiger partial charge is 0.397 e. The predicted octanol–water partition coefficient (Wildman–Crippen LogP) is 2.60. The molecule has 2 rings (SSSR count). The summed E-state index contributed by atoms with van der Waals surface area (Å²) in [5, 5.41) is 5.29. The fraction of sp³-hybridized carbons (Fsp3) is 0.214. The van der Waals surface area contributed by atoms with Crippen LogP contribution in [0.4, 0.5) is 11.4 Å². The highest BCUT2D eigenvalue weighted by molar-refractivity contribution is 7.10. The molecule has 0 atom stereocenters. The first-order valence-corrected chi connectivity index (χ1v) is 6.98. The van der Waals surface area contributed by atoms with E-state index in [0.29, 0.717) is 23.5 Å². The molecular weight excluding hydrogens is 258 g/mol. The number of aryl methyl sites for hydroxylation is 1. The van der Waals surface area contributed by atoms with Crippen LogP contribution in [0.2, 0.25) is 0 Å². The van der Waals surface area contributed by atoms with E-state index in [1.165, 1.54) is 10.4 Å². The van der Waals surface area contributed by atoms with E-state index in [-0.39, 0.29) is 0 Å². The number of nitrogen functional groups attached to an aromatic ring is 1. The summed E-state index contributed by atoms with van der Waals surface area (Å²) in [4.78, 5) is 12.6. The number of hydrogen-bond acceptors (Lipinski definition) is 4. The Morgan fingerprint density at radius 1 is 1.37 bits per heavy atom. The molecule has 0 fully saturated rings. The molecule has 0 aliphatic heterocycles. The lowest BCUT2D eigenvalue weighted by Crippen LogP contribution is -2.15. The molecule has 5 N–H and O–H groups in total. The Morgan fingerprint density at radius 3 is 2.84 bits per heavy atom. The first kappa shape index (κ1) is 13.4. The van der Waals surface area contributed by atoms with Gasteiger partial charge >= 0.3 is 0 Å². The smallest absolute Gasteiger partial charge is 0.250 e. The number of anilines is 2. The van der Waals surface area contributed by atoms with Crippen molar-refractivity contribution >= 4 is 28.6 Å². The van der Waals surface area contributed by atoms with Crippen molar-refractivity contribution in [3.8, 4) is 0 Å². The highest BCUT2D eigenvalue weighted by Crippen LogP contribution is 2.25. The fourth-order valence-corrected chi connectivity index (χ4v) is 2.89. The summed E-state index contributed by atoms with van der Waals surface area (Å²) in [6, 6.07) is 7.27. The number of carbonyl (C=O) groups excluding carboxylic acids is 1. The van der Waals surface area contributed by atoms with Gasteiger partial charge in [0.15, 0.2) is 0 Å². The molecule has 2 aromatic rings. The Bertz CT molecular complexity index is 592. The van der Waals surface area contributed by atoms with Gasteiger partial charge < -0.3 is 16.8 Å². The Balaban J connectivity index is 2.22. The minimum atomic E-state index is -0.475. The van der Waals surface area contributed by atoms with Crippen molar-refractivity contribution in [2.45, 2.75) is 19.9 Å². The number of hydrogen-bond donors (Lipinski definition) is 3. The van der Waals surface area contributed by atoms with Crippen LogP contribution in [0.25, 0.3) is 0 Å². The van der Waals surface area contributed by atoms with Gasteiger partial charge in [-0.15, -0.1) is 11.3 Å². The van der Waals surface area contributed by atoms with Gasteiger partial charge in [-0.25, -0.2) is 0 Å². The number of amides is 1. The Labute approximate surface area is 116 Å². The molecule has 4 nitrogen and oxygen atoms in total. The summed E-state index contributed by atoms with van der Waals surface area (Å²) in [5.74, 6) is -0.475. The lowest BCUT2D eigenvalue weighted by atomic mass is 10.1. The van der Waals surface area contributed by atoms with Crippen molar-refractivity contribution in [3.05, 3.63) is 45.6 Å². The van der Waals surface area contributed by atoms with Crippen molar-refractivity contribution in [2.75, 3.05) is 11.1 Å². The molecule has 19 heavy (non-hydrogen) atoms. The van der Waals surface area contributed by atoms with Crippen LogP contribution in [0.1, 0.15) is 27.7 Å². The molecule has 1 aromatic carbocycles. The molecule has 0 unspecified atom stereocenters. The summed E-state index contributed by atoms with van der Waals surface area (Å²) in [6.45, 7) is 2.77. The van der Waals surface area contributed by atoms with E-state index >= 15 is 0 Å². The summed E-state index contributed by atoms with van der Waals surface area (Å²) >= 11 is 1.69. The van der Waals surface area contributed by atoms with E-state index in [2.05, 4.69) is 23.7 Å². The maximum absolute atomic E-state index is 11.4. The van der Waals surface area contributed by atoms with Gasteiger partial charge in [0.1, 0.15) is 0 Å². The van der Waals surface area contributed by atoms with E-state index in [4.69, 9.17) is 11.5 Å². The third-order valence-electron chi connectivity index (χ3n) is 3.01. The topological polar surface area (TPSA) is 81.1 Å². The molecule has 0 saturated carbocycles. The number of nitrogens with two attached hydrogens (primary N) is 2. The lowest BCUT2D eigenvalue weighted by Gasteiger charge is -2.12. The molecule has 0 bridgehead atoms. The third kappa shape index (κ3) is 2.88. The molecule has 0 spiro atoms. The molecule has 1 amide bonds. The van der Waals surface area contributed by atoms with Gasteiger partial charge in [-0.05, 0) is 35.6 Å². The first-order valence-electron chi connectivity index (χ1n) is 6.11. The second-order valence-electron chi connectivity index (χ2n) is 4.21. The summed E-state index contributed by atoms with van der Waals surface area (Å²) in [7, 11) is 0. The molecule has 0 aliphatic rings.